The quantitative estimate of drug-likeness (QED) is 0.690. The predicted octanol–water partition coefficient (Wildman–Crippen LogP) is 4.27. The summed E-state index contributed by atoms with van der Waals surface area (Å²) in [5.74, 6) is 1.60. The van der Waals surface area contributed by atoms with Crippen LogP contribution in [0.3, 0.4) is 0 Å². The third-order valence-electron chi connectivity index (χ3n) is 4.22. The number of aromatic nitrogens is 1. The van der Waals surface area contributed by atoms with Crippen LogP contribution in [0.5, 0.6) is 0 Å². The van der Waals surface area contributed by atoms with E-state index in [9.17, 15) is 4.79 Å². The summed E-state index contributed by atoms with van der Waals surface area (Å²) in [7, 11) is 1.97. The monoisotopic (exact) mass is 433 g/mol. The van der Waals surface area contributed by atoms with Gasteiger partial charge in [0.2, 0.25) is 0 Å². The molecule has 0 aliphatic carbocycles. The number of carbonyl (C=O) groups is 1. The lowest BCUT2D eigenvalue weighted by Gasteiger charge is -2.16. The Morgan fingerprint density at radius 3 is 2.69 bits per heavy atom. The number of benzene rings is 1. The highest BCUT2D eigenvalue weighted by Crippen LogP contribution is 2.25. The summed E-state index contributed by atoms with van der Waals surface area (Å²) in [6, 6.07) is 7.97. The number of likely N-dealkylation sites (tertiary alicyclic amines) is 1. The molecule has 4 nitrogen and oxygen atoms in total. The van der Waals surface area contributed by atoms with Gasteiger partial charge in [-0.05, 0) is 57.1 Å². The Balaban J connectivity index is 0.00000169. The van der Waals surface area contributed by atoms with Crippen LogP contribution >= 0.6 is 47.9 Å². The third-order valence-corrected chi connectivity index (χ3v) is 6.09. The van der Waals surface area contributed by atoms with E-state index in [1.807, 2.05) is 43.1 Å². The van der Waals surface area contributed by atoms with Gasteiger partial charge in [-0.1, -0.05) is 0 Å². The summed E-state index contributed by atoms with van der Waals surface area (Å²) in [4.78, 5) is 20.2. The zero-order valence-electron chi connectivity index (χ0n) is 14.9. The van der Waals surface area contributed by atoms with E-state index in [-0.39, 0.29) is 30.7 Å². The van der Waals surface area contributed by atoms with Gasteiger partial charge in [0.25, 0.3) is 5.91 Å². The number of aryl methyl sites for hydroxylation is 1. The summed E-state index contributed by atoms with van der Waals surface area (Å²) < 4.78 is 0. The van der Waals surface area contributed by atoms with Crippen molar-refractivity contribution < 1.29 is 4.79 Å². The van der Waals surface area contributed by atoms with Crippen LogP contribution in [0.25, 0.3) is 0 Å². The number of nitrogens with one attached hydrogen (secondary N) is 1. The molecule has 1 aromatic carbocycles. The minimum atomic E-state index is 0. The molecule has 1 aromatic heterocycles. The Hall–Kier alpha value is -0.790. The molecule has 1 aliphatic rings. The highest BCUT2D eigenvalue weighted by atomic mass is 35.5. The van der Waals surface area contributed by atoms with E-state index >= 15 is 0 Å². The number of thioether (sulfide) groups is 1. The van der Waals surface area contributed by atoms with Gasteiger partial charge in [0, 0.05) is 34.7 Å². The minimum absolute atomic E-state index is 0. The summed E-state index contributed by atoms with van der Waals surface area (Å²) in [5, 5.41) is 6.41. The van der Waals surface area contributed by atoms with Crippen molar-refractivity contribution in [2.45, 2.75) is 24.0 Å². The molecule has 1 amide bonds. The van der Waals surface area contributed by atoms with E-state index < -0.39 is 0 Å². The van der Waals surface area contributed by atoms with Crippen LogP contribution < -0.4 is 5.32 Å². The fourth-order valence-corrected chi connectivity index (χ4v) is 4.49. The van der Waals surface area contributed by atoms with Crippen molar-refractivity contribution in [1.82, 2.24) is 15.2 Å². The number of hydrogen-bond donors (Lipinski definition) is 1. The molecule has 0 saturated carbocycles. The van der Waals surface area contributed by atoms with Crippen LogP contribution in [0.15, 0.2) is 34.5 Å². The highest BCUT2D eigenvalue weighted by Gasteiger charge is 2.26. The molecule has 2 heterocycles. The summed E-state index contributed by atoms with van der Waals surface area (Å²) in [6.07, 6.45) is 1.09. The number of amides is 1. The lowest BCUT2D eigenvalue weighted by atomic mass is 10.1. The standard InChI is InChI=1S/C18H23N3OS2.2ClH/c1-13-20-16(11-23-13)12-24-17-5-3-15(4-6-17)18(22)21-8-7-14(10-21)9-19-2;;/h3-6,11,14,19H,7-10,12H2,1-2H3;2*1H. The highest BCUT2D eigenvalue weighted by molar-refractivity contribution is 7.98. The second-order valence-corrected chi connectivity index (χ2v) is 8.25. The van der Waals surface area contributed by atoms with Crippen molar-refractivity contribution in [2.24, 2.45) is 5.92 Å². The molecule has 2 aromatic rings. The molecular weight excluding hydrogens is 409 g/mol. The number of nitrogens with zero attached hydrogens (tertiary/aromatic N) is 2. The second kappa shape index (κ2) is 11.1. The molecule has 1 atom stereocenters. The van der Waals surface area contributed by atoms with E-state index in [0.29, 0.717) is 5.92 Å². The number of rotatable bonds is 6. The largest absolute Gasteiger partial charge is 0.338 e. The molecule has 0 spiro atoms. The first-order chi connectivity index (χ1) is 11.7. The van der Waals surface area contributed by atoms with Gasteiger partial charge in [0.1, 0.15) is 0 Å². The van der Waals surface area contributed by atoms with Gasteiger partial charge in [0.05, 0.1) is 10.7 Å². The van der Waals surface area contributed by atoms with E-state index in [2.05, 4.69) is 15.7 Å². The molecular formula is C18H25Cl2N3OS2. The van der Waals surface area contributed by atoms with E-state index in [0.717, 1.165) is 48.1 Å². The first-order valence-corrected chi connectivity index (χ1v) is 10.1. The third kappa shape index (κ3) is 6.13. The fraction of sp³-hybridized carbons (Fsp3) is 0.444. The van der Waals surface area contributed by atoms with E-state index in [4.69, 9.17) is 0 Å². The van der Waals surface area contributed by atoms with Gasteiger partial charge in [-0.25, -0.2) is 4.98 Å². The van der Waals surface area contributed by atoms with Gasteiger partial charge in [-0.2, -0.15) is 0 Å². The zero-order valence-corrected chi connectivity index (χ0v) is 18.2. The van der Waals surface area contributed by atoms with Crippen LogP contribution in [0.1, 0.15) is 27.5 Å². The molecule has 3 rings (SSSR count). The second-order valence-electron chi connectivity index (χ2n) is 6.13. The number of hydrogen-bond acceptors (Lipinski definition) is 5. The lowest BCUT2D eigenvalue weighted by molar-refractivity contribution is 0.0787. The van der Waals surface area contributed by atoms with Gasteiger partial charge in [-0.15, -0.1) is 47.9 Å². The Labute approximate surface area is 176 Å². The lowest BCUT2D eigenvalue weighted by Crippen LogP contribution is -2.30. The molecule has 1 fully saturated rings. The number of carbonyl (C=O) groups excluding carboxylic acids is 1. The van der Waals surface area contributed by atoms with E-state index in [1.54, 1.807) is 23.1 Å². The van der Waals surface area contributed by atoms with Crippen LogP contribution in [0.2, 0.25) is 0 Å². The van der Waals surface area contributed by atoms with Gasteiger partial charge in [0.15, 0.2) is 0 Å². The number of halogens is 2. The zero-order chi connectivity index (χ0) is 16.9. The molecule has 0 radical (unpaired) electrons. The minimum Gasteiger partial charge on any atom is -0.338 e. The normalized spacial score (nSPS) is 16.1. The van der Waals surface area contributed by atoms with Gasteiger partial charge < -0.3 is 10.2 Å². The van der Waals surface area contributed by atoms with Crippen molar-refractivity contribution in [1.29, 1.82) is 0 Å². The molecule has 8 heteroatoms. The first kappa shape index (κ1) is 23.2. The molecule has 26 heavy (non-hydrogen) atoms. The SMILES string of the molecule is CNCC1CCN(C(=O)c2ccc(SCc3csc(C)n3)cc2)C1.Cl.Cl. The predicted molar refractivity (Wildman–Crippen MR) is 115 cm³/mol. The summed E-state index contributed by atoms with van der Waals surface area (Å²) in [6.45, 7) is 4.73. The maximum Gasteiger partial charge on any atom is 0.253 e. The van der Waals surface area contributed by atoms with Gasteiger partial charge >= 0.3 is 0 Å². The Morgan fingerprint density at radius 1 is 1.35 bits per heavy atom. The molecule has 1 aliphatic heterocycles. The van der Waals surface area contributed by atoms with Gasteiger partial charge in [-0.3, -0.25) is 4.79 Å². The Morgan fingerprint density at radius 2 is 2.08 bits per heavy atom. The van der Waals surface area contributed by atoms with Crippen LogP contribution in [0, 0.1) is 12.8 Å². The average Bonchev–Trinajstić information content (AvgIpc) is 3.22. The van der Waals surface area contributed by atoms with Crippen molar-refractivity contribution >= 4 is 53.8 Å². The van der Waals surface area contributed by atoms with Crippen molar-refractivity contribution in [3.05, 3.63) is 45.9 Å². The van der Waals surface area contributed by atoms with Crippen molar-refractivity contribution in [3.8, 4) is 0 Å². The van der Waals surface area contributed by atoms with E-state index in [1.165, 1.54) is 4.90 Å². The molecule has 144 valence electrons. The van der Waals surface area contributed by atoms with Crippen molar-refractivity contribution in [2.75, 3.05) is 26.7 Å². The van der Waals surface area contributed by atoms with Crippen LogP contribution in [-0.4, -0.2) is 42.5 Å². The number of thiazole rings is 1. The maximum atomic E-state index is 12.6. The fourth-order valence-electron chi connectivity index (χ4n) is 2.98. The Kier molecular flexibility index (Phi) is 9.97. The molecule has 1 N–H and O–H groups in total. The maximum absolute atomic E-state index is 12.6. The molecule has 1 unspecified atom stereocenters. The average molecular weight is 434 g/mol. The topological polar surface area (TPSA) is 45.2 Å². The molecule has 1 saturated heterocycles. The van der Waals surface area contributed by atoms with Crippen LogP contribution in [-0.2, 0) is 5.75 Å². The van der Waals surface area contributed by atoms with Crippen molar-refractivity contribution in [3.63, 3.8) is 0 Å². The Bertz CT molecular complexity index is 694. The first-order valence-electron chi connectivity index (χ1n) is 8.23. The smallest absolute Gasteiger partial charge is 0.253 e. The summed E-state index contributed by atoms with van der Waals surface area (Å²) in [5.41, 5.74) is 1.91. The summed E-state index contributed by atoms with van der Waals surface area (Å²) >= 11 is 3.44. The van der Waals surface area contributed by atoms with Crippen LogP contribution in [0.4, 0.5) is 0 Å². The molecule has 0 bridgehead atoms.